The van der Waals surface area contributed by atoms with E-state index < -0.39 is 11.7 Å². The molecule has 32 heavy (non-hydrogen) atoms. The standard InChI is InChI=1S/C22H24F3N5O2/c1-11-17(13-6-2-3-7-16(13)32-11)21(31)30-8-4-5-12(10-30)15-9-14(22(23,24)25)18-19(26)28-29-20(18)27-15/h9,12H,2-8,10H2,1H3,(H3,26,27,28,29). The first-order valence-electron chi connectivity index (χ1n) is 10.9. The van der Waals surface area contributed by atoms with E-state index in [0.717, 1.165) is 43.1 Å². The number of aryl methyl sites for hydroxylation is 2. The van der Waals surface area contributed by atoms with Crippen LogP contribution < -0.4 is 5.73 Å². The first kappa shape index (κ1) is 20.8. The molecule has 0 aromatic carbocycles. The van der Waals surface area contributed by atoms with Crippen molar-refractivity contribution in [2.45, 2.75) is 57.5 Å². The number of halogens is 3. The van der Waals surface area contributed by atoms with Crippen molar-refractivity contribution in [3.05, 3.63) is 40.0 Å². The maximum absolute atomic E-state index is 13.7. The van der Waals surface area contributed by atoms with Crippen molar-refractivity contribution >= 4 is 22.8 Å². The Hall–Kier alpha value is -3.04. The highest BCUT2D eigenvalue weighted by Crippen LogP contribution is 2.39. The zero-order chi connectivity index (χ0) is 22.6. The number of hydrogen-bond acceptors (Lipinski definition) is 5. The third-order valence-electron chi connectivity index (χ3n) is 6.57. The summed E-state index contributed by atoms with van der Waals surface area (Å²) in [5, 5.41) is 6.02. The molecule has 7 nitrogen and oxygen atoms in total. The maximum atomic E-state index is 13.7. The number of hydrogen-bond donors (Lipinski definition) is 2. The number of anilines is 1. The molecule has 1 aliphatic heterocycles. The van der Waals surface area contributed by atoms with Crippen LogP contribution in [-0.4, -0.2) is 39.1 Å². The van der Waals surface area contributed by atoms with Crippen LogP contribution in [0.15, 0.2) is 10.5 Å². The molecule has 2 aliphatic rings. The van der Waals surface area contributed by atoms with Crippen LogP contribution in [0.2, 0.25) is 0 Å². The summed E-state index contributed by atoms with van der Waals surface area (Å²) in [5.74, 6) is 0.921. The number of nitrogen functional groups attached to an aromatic ring is 1. The van der Waals surface area contributed by atoms with Gasteiger partial charge in [0.1, 0.15) is 17.3 Å². The molecule has 0 radical (unpaired) electrons. The molecule has 0 saturated carbocycles. The van der Waals surface area contributed by atoms with Crippen molar-refractivity contribution in [2.75, 3.05) is 18.8 Å². The molecule has 10 heteroatoms. The summed E-state index contributed by atoms with van der Waals surface area (Å²) in [7, 11) is 0. The number of furan rings is 1. The van der Waals surface area contributed by atoms with Crippen molar-refractivity contribution in [1.29, 1.82) is 0 Å². The topological polar surface area (TPSA) is 101 Å². The lowest BCUT2D eigenvalue weighted by atomic mass is 9.91. The molecular formula is C22H24F3N5O2. The van der Waals surface area contributed by atoms with Crippen LogP contribution in [0.5, 0.6) is 0 Å². The Kier molecular flexibility index (Phi) is 4.90. The van der Waals surface area contributed by atoms with E-state index in [1.165, 1.54) is 0 Å². The minimum absolute atomic E-state index is 0.0597. The number of nitrogens with two attached hydrogens (primary N) is 1. The number of piperidine rings is 1. The van der Waals surface area contributed by atoms with Crippen molar-refractivity contribution in [1.82, 2.24) is 20.1 Å². The molecule has 1 unspecified atom stereocenters. The minimum atomic E-state index is -4.59. The summed E-state index contributed by atoms with van der Waals surface area (Å²) in [6.07, 6.45) is 0.451. The number of alkyl halides is 3. The second-order valence-electron chi connectivity index (χ2n) is 8.66. The molecule has 0 spiro atoms. The number of pyridine rings is 1. The number of fused-ring (bicyclic) bond motifs is 2. The van der Waals surface area contributed by atoms with Gasteiger partial charge in [-0.3, -0.25) is 9.89 Å². The zero-order valence-corrected chi connectivity index (χ0v) is 17.7. The normalized spacial score (nSPS) is 19.4. The average Bonchev–Trinajstić information content (AvgIpc) is 3.31. The van der Waals surface area contributed by atoms with Crippen LogP contribution in [0.3, 0.4) is 0 Å². The highest BCUT2D eigenvalue weighted by Gasteiger charge is 2.37. The Bertz CT molecular complexity index is 1200. The molecule has 3 aromatic rings. The number of nitrogens with one attached hydrogen (secondary N) is 1. The molecule has 1 amide bonds. The average molecular weight is 447 g/mol. The van der Waals surface area contributed by atoms with E-state index in [1.807, 2.05) is 0 Å². The lowest BCUT2D eigenvalue weighted by molar-refractivity contribution is -0.136. The second kappa shape index (κ2) is 7.53. The van der Waals surface area contributed by atoms with E-state index in [1.54, 1.807) is 11.8 Å². The van der Waals surface area contributed by atoms with Gasteiger partial charge in [-0.05, 0) is 45.1 Å². The van der Waals surface area contributed by atoms with Gasteiger partial charge in [-0.15, -0.1) is 0 Å². The van der Waals surface area contributed by atoms with E-state index in [4.69, 9.17) is 10.2 Å². The molecule has 3 N–H and O–H groups in total. The largest absolute Gasteiger partial charge is 0.465 e. The van der Waals surface area contributed by atoms with Gasteiger partial charge in [-0.2, -0.15) is 18.3 Å². The van der Waals surface area contributed by atoms with E-state index in [9.17, 15) is 18.0 Å². The van der Waals surface area contributed by atoms with Crippen molar-refractivity contribution in [2.24, 2.45) is 0 Å². The van der Waals surface area contributed by atoms with Gasteiger partial charge < -0.3 is 15.1 Å². The first-order chi connectivity index (χ1) is 15.2. The lowest BCUT2D eigenvalue weighted by Crippen LogP contribution is -2.40. The van der Waals surface area contributed by atoms with Crippen LogP contribution in [-0.2, 0) is 19.0 Å². The Morgan fingerprint density at radius 2 is 2.06 bits per heavy atom. The number of H-pyrrole nitrogens is 1. The fourth-order valence-electron chi connectivity index (χ4n) is 5.04. The van der Waals surface area contributed by atoms with Gasteiger partial charge >= 0.3 is 6.18 Å². The van der Waals surface area contributed by atoms with Crippen LogP contribution >= 0.6 is 0 Å². The van der Waals surface area contributed by atoms with Crippen molar-refractivity contribution in [3.8, 4) is 0 Å². The van der Waals surface area contributed by atoms with Crippen LogP contribution in [0.4, 0.5) is 19.0 Å². The molecular weight excluding hydrogens is 423 g/mol. The molecule has 170 valence electrons. The van der Waals surface area contributed by atoms with E-state index >= 15 is 0 Å². The predicted molar refractivity (Wildman–Crippen MR) is 111 cm³/mol. The monoisotopic (exact) mass is 447 g/mol. The number of amides is 1. The van der Waals surface area contributed by atoms with E-state index in [-0.39, 0.29) is 34.4 Å². The maximum Gasteiger partial charge on any atom is 0.417 e. The summed E-state index contributed by atoms with van der Waals surface area (Å²) in [6, 6.07) is 1.05. The molecule has 1 aliphatic carbocycles. The van der Waals surface area contributed by atoms with Crippen LogP contribution in [0, 0.1) is 6.92 Å². The smallest absolute Gasteiger partial charge is 0.417 e. The fraction of sp³-hybridized carbons (Fsp3) is 0.500. The summed E-state index contributed by atoms with van der Waals surface area (Å²) in [5.41, 5.74) is 6.65. The quantitative estimate of drug-likeness (QED) is 0.608. The minimum Gasteiger partial charge on any atom is -0.465 e. The first-order valence-corrected chi connectivity index (χ1v) is 10.9. The van der Waals surface area contributed by atoms with Crippen LogP contribution in [0.1, 0.15) is 70.3 Å². The van der Waals surface area contributed by atoms with Gasteiger partial charge in [0.15, 0.2) is 5.65 Å². The molecule has 0 bridgehead atoms. The number of likely N-dealkylation sites (tertiary alicyclic amines) is 1. The lowest BCUT2D eigenvalue weighted by Gasteiger charge is -2.33. The third-order valence-corrected chi connectivity index (χ3v) is 6.57. The third kappa shape index (κ3) is 3.41. The van der Waals surface area contributed by atoms with Crippen molar-refractivity contribution in [3.63, 3.8) is 0 Å². The predicted octanol–water partition coefficient (Wildman–Crippen LogP) is 4.36. The van der Waals surface area contributed by atoms with Gasteiger partial charge in [0, 0.05) is 36.7 Å². The Labute approximate surface area is 182 Å². The molecule has 1 fully saturated rings. The van der Waals surface area contributed by atoms with E-state index in [2.05, 4.69) is 15.2 Å². The van der Waals surface area contributed by atoms with Crippen molar-refractivity contribution < 1.29 is 22.4 Å². The molecule has 3 aromatic heterocycles. The molecule has 1 saturated heterocycles. The van der Waals surface area contributed by atoms with Gasteiger partial charge in [0.2, 0.25) is 0 Å². The summed E-state index contributed by atoms with van der Waals surface area (Å²) in [6.45, 7) is 2.66. The number of rotatable bonds is 2. The second-order valence-corrected chi connectivity index (χ2v) is 8.66. The number of carbonyl (C=O) groups is 1. The zero-order valence-electron chi connectivity index (χ0n) is 17.7. The van der Waals surface area contributed by atoms with E-state index in [0.29, 0.717) is 37.3 Å². The summed E-state index contributed by atoms with van der Waals surface area (Å²) in [4.78, 5) is 19.5. The number of aromatic nitrogens is 3. The fourth-order valence-corrected chi connectivity index (χ4v) is 5.04. The SMILES string of the molecule is Cc1oc2c(c1C(=O)N1CCCC(c3cc(C(F)(F)F)c4c(N)[nH]nc4n3)C1)CCCC2. The summed E-state index contributed by atoms with van der Waals surface area (Å²) < 4.78 is 47.0. The van der Waals surface area contributed by atoms with Gasteiger partial charge in [0.05, 0.1) is 16.5 Å². The Balaban J connectivity index is 1.47. The molecule has 4 heterocycles. The highest BCUT2D eigenvalue weighted by molar-refractivity contribution is 5.97. The van der Waals surface area contributed by atoms with Gasteiger partial charge in [-0.1, -0.05) is 0 Å². The number of aromatic amines is 1. The van der Waals surface area contributed by atoms with Crippen LogP contribution in [0.25, 0.3) is 11.0 Å². The van der Waals surface area contributed by atoms with Gasteiger partial charge in [-0.25, -0.2) is 4.98 Å². The Morgan fingerprint density at radius 3 is 2.84 bits per heavy atom. The summed E-state index contributed by atoms with van der Waals surface area (Å²) >= 11 is 0. The molecule has 5 rings (SSSR count). The molecule has 1 atom stereocenters. The van der Waals surface area contributed by atoms with Gasteiger partial charge in [0.25, 0.3) is 5.91 Å². The highest BCUT2D eigenvalue weighted by atomic mass is 19.4. The number of nitrogens with zero attached hydrogens (tertiary/aromatic N) is 3. The Morgan fingerprint density at radius 1 is 1.28 bits per heavy atom. The number of carbonyl (C=O) groups excluding carboxylic acids is 1.